The first kappa shape index (κ1) is 12.5. The van der Waals surface area contributed by atoms with Crippen LogP contribution in [0.1, 0.15) is 30.1 Å². The van der Waals surface area contributed by atoms with Crippen LogP contribution in [0.3, 0.4) is 0 Å². The largest absolute Gasteiger partial charge is 0.377 e. The van der Waals surface area contributed by atoms with Crippen molar-refractivity contribution in [2.75, 3.05) is 6.61 Å². The summed E-state index contributed by atoms with van der Waals surface area (Å²) in [7, 11) is 0. The Labute approximate surface area is 105 Å². The molecule has 2 rings (SSSR count). The Kier molecular flexibility index (Phi) is 3.79. The number of hydrogen-bond donors (Lipinski definition) is 0. The van der Waals surface area contributed by atoms with E-state index in [9.17, 15) is 9.18 Å². The zero-order valence-electron chi connectivity index (χ0n) is 9.58. The number of rotatable bonds is 3. The van der Waals surface area contributed by atoms with E-state index in [0.29, 0.717) is 18.1 Å². The Morgan fingerprint density at radius 2 is 2.35 bits per heavy atom. The van der Waals surface area contributed by atoms with Gasteiger partial charge in [-0.1, -0.05) is 18.5 Å². The molecule has 0 bridgehead atoms. The van der Waals surface area contributed by atoms with Gasteiger partial charge in [-0.3, -0.25) is 4.79 Å². The lowest BCUT2D eigenvalue weighted by Gasteiger charge is -2.15. The van der Waals surface area contributed by atoms with Crippen LogP contribution in [0.2, 0.25) is 5.02 Å². The summed E-state index contributed by atoms with van der Waals surface area (Å²) in [5, 5.41) is 0.300. The molecule has 1 heterocycles. The lowest BCUT2D eigenvalue weighted by molar-refractivity contribution is 0.0686. The first-order valence-electron chi connectivity index (χ1n) is 5.74. The van der Waals surface area contributed by atoms with Gasteiger partial charge in [0.05, 0.1) is 17.6 Å². The van der Waals surface area contributed by atoms with E-state index in [1.807, 2.05) is 6.92 Å². The van der Waals surface area contributed by atoms with Gasteiger partial charge < -0.3 is 4.74 Å². The molecule has 4 heteroatoms. The second-order valence-corrected chi connectivity index (χ2v) is 4.64. The van der Waals surface area contributed by atoms with Crippen LogP contribution in [0.25, 0.3) is 0 Å². The zero-order chi connectivity index (χ0) is 12.4. The number of benzene rings is 1. The highest BCUT2D eigenvalue weighted by Crippen LogP contribution is 2.28. The summed E-state index contributed by atoms with van der Waals surface area (Å²) in [5.41, 5.74) is 0.114. The van der Waals surface area contributed by atoms with Crippen LogP contribution in [-0.4, -0.2) is 18.5 Å². The molecule has 1 aromatic carbocycles. The molecule has 0 aromatic heterocycles. The molecule has 1 aliphatic heterocycles. The molecule has 92 valence electrons. The van der Waals surface area contributed by atoms with Gasteiger partial charge >= 0.3 is 0 Å². The smallest absolute Gasteiger partial charge is 0.171 e. The Morgan fingerprint density at radius 1 is 1.59 bits per heavy atom. The SMILES string of the molecule is CCC1OCCC1C(=O)c1ccc(Cl)cc1F. The second kappa shape index (κ2) is 5.15. The summed E-state index contributed by atoms with van der Waals surface area (Å²) in [4.78, 5) is 12.2. The molecular weight excluding hydrogens is 243 g/mol. The van der Waals surface area contributed by atoms with E-state index in [-0.39, 0.29) is 23.4 Å². The average molecular weight is 257 g/mol. The van der Waals surface area contributed by atoms with Crippen molar-refractivity contribution < 1.29 is 13.9 Å². The van der Waals surface area contributed by atoms with E-state index in [1.165, 1.54) is 18.2 Å². The minimum Gasteiger partial charge on any atom is -0.377 e. The molecule has 1 aliphatic rings. The fraction of sp³-hybridized carbons (Fsp3) is 0.462. The van der Waals surface area contributed by atoms with Crippen LogP contribution >= 0.6 is 11.6 Å². The molecule has 1 fully saturated rings. The molecule has 0 spiro atoms. The van der Waals surface area contributed by atoms with Gasteiger partial charge in [-0.25, -0.2) is 4.39 Å². The summed E-state index contributed by atoms with van der Waals surface area (Å²) in [5.74, 6) is -0.955. The van der Waals surface area contributed by atoms with E-state index in [4.69, 9.17) is 16.3 Å². The summed E-state index contributed by atoms with van der Waals surface area (Å²) in [6.45, 7) is 2.54. The number of ether oxygens (including phenoxy) is 1. The zero-order valence-corrected chi connectivity index (χ0v) is 10.3. The lowest BCUT2D eigenvalue weighted by atomic mass is 9.90. The quantitative estimate of drug-likeness (QED) is 0.774. The van der Waals surface area contributed by atoms with E-state index < -0.39 is 5.82 Å². The number of Topliss-reactive ketones (excluding diaryl/α,β-unsaturated/α-hetero) is 1. The van der Waals surface area contributed by atoms with Gasteiger partial charge in [-0.05, 0) is 31.0 Å². The molecule has 0 amide bonds. The van der Waals surface area contributed by atoms with Crippen LogP contribution in [0.5, 0.6) is 0 Å². The Hall–Kier alpha value is -0.930. The fourth-order valence-corrected chi connectivity index (χ4v) is 2.40. The van der Waals surface area contributed by atoms with Crippen LogP contribution in [-0.2, 0) is 4.74 Å². The minimum absolute atomic E-state index is 0.0856. The standard InChI is InChI=1S/C13H14ClFO2/c1-2-12-10(5-6-17-12)13(16)9-4-3-8(14)7-11(9)15/h3-4,7,10,12H,2,5-6H2,1H3. The third-order valence-electron chi connectivity index (χ3n) is 3.15. The maximum absolute atomic E-state index is 13.6. The van der Waals surface area contributed by atoms with Gasteiger partial charge in [0.1, 0.15) is 5.82 Å². The van der Waals surface area contributed by atoms with Crippen LogP contribution in [0, 0.1) is 11.7 Å². The first-order valence-corrected chi connectivity index (χ1v) is 6.12. The predicted octanol–water partition coefficient (Wildman–Crippen LogP) is 3.48. The predicted molar refractivity (Wildman–Crippen MR) is 63.9 cm³/mol. The second-order valence-electron chi connectivity index (χ2n) is 4.20. The first-order chi connectivity index (χ1) is 8.13. The number of halogens is 2. The van der Waals surface area contributed by atoms with E-state index in [2.05, 4.69) is 0 Å². The number of hydrogen-bond acceptors (Lipinski definition) is 2. The maximum atomic E-state index is 13.6. The highest BCUT2D eigenvalue weighted by atomic mass is 35.5. The molecule has 2 atom stereocenters. The topological polar surface area (TPSA) is 26.3 Å². The molecule has 0 saturated carbocycles. The number of carbonyl (C=O) groups excluding carboxylic acids is 1. The molecule has 0 radical (unpaired) electrons. The highest BCUT2D eigenvalue weighted by molar-refractivity contribution is 6.30. The molecular formula is C13H14ClFO2. The van der Waals surface area contributed by atoms with Gasteiger partial charge in [-0.2, -0.15) is 0 Å². The monoisotopic (exact) mass is 256 g/mol. The molecule has 17 heavy (non-hydrogen) atoms. The van der Waals surface area contributed by atoms with Crippen LogP contribution in [0.15, 0.2) is 18.2 Å². The van der Waals surface area contributed by atoms with Crippen molar-refractivity contribution in [3.63, 3.8) is 0 Å². The average Bonchev–Trinajstić information content (AvgIpc) is 2.76. The van der Waals surface area contributed by atoms with Gasteiger partial charge in [-0.15, -0.1) is 0 Å². The van der Waals surface area contributed by atoms with Gasteiger partial charge in [0.25, 0.3) is 0 Å². The fourth-order valence-electron chi connectivity index (χ4n) is 2.24. The summed E-state index contributed by atoms with van der Waals surface area (Å²) in [6, 6.07) is 4.16. The Morgan fingerprint density at radius 3 is 3.00 bits per heavy atom. The molecule has 0 aliphatic carbocycles. The summed E-state index contributed by atoms with van der Waals surface area (Å²) in [6.07, 6.45) is 1.35. The minimum atomic E-state index is -0.552. The van der Waals surface area contributed by atoms with Gasteiger partial charge in [0.15, 0.2) is 5.78 Å². The maximum Gasteiger partial charge on any atom is 0.171 e. The summed E-state index contributed by atoms with van der Waals surface area (Å²) >= 11 is 5.66. The Balaban J connectivity index is 2.24. The van der Waals surface area contributed by atoms with Crippen molar-refractivity contribution >= 4 is 17.4 Å². The van der Waals surface area contributed by atoms with Gasteiger partial charge in [0, 0.05) is 11.6 Å². The lowest BCUT2D eigenvalue weighted by Crippen LogP contribution is -2.24. The van der Waals surface area contributed by atoms with Crippen molar-refractivity contribution in [1.29, 1.82) is 0 Å². The van der Waals surface area contributed by atoms with E-state index in [0.717, 1.165) is 6.42 Å². The third-order valence-corrected chi connectivity index (χ3v) is 3.38. The van der Waals surface area contributed by atoms with Crippen molar-refractivity contribution in [1.82, 2.24) is 0 Å². The van der Waals surface area contributed by atoms with E-state index in [1.54, 1.807) is 0 Å². The third kappa shape index (κ3) is 2.50. The van der Waals surface area contributed by atoms with Crippen molar-refractivity contribution in [3.8, 4) is 0 Å². The van der Waals surface area contributed by atoms with Crippen molar-refractivity contribution in [2.24, 2.45) is 5.92 Å². The molecule has 1 aromatic rings. The summed E-state index contributed by atoms with van der Waals surface area (Å²) < 4.78 is 19.1. The number of ketones is 1. The van der Waals surface area contributed by atoms with Crippen LogP contribution < -0.4 is 0 Å². The highest BCUT2D eigenvalue weighted by Gasteiger charge is 2.34. The van der Waals surface area contributed by atoms with Crippen molar-refractivity contribution in [3.05, 3.63) is 34.6 Å². The molecule has 0 N–H and O–H groups in total. The normalized spacial score (nSPS) is 23.9. The van der Waals surface area contributed by atoms with Crippen molar-refractivity contribution in [2.45, 2.75) is 25.9 Å². The number of carbonyl (C=O) groups is 1. The molecule has 1 saturated heterocycles. The van der Waals surface area contributed by atoms with Crippen LogP contribution in [0.4, 0.5) is 4.39 Å². The molecule has 2 unspecified atom stereocenters. The Bertz CT molecular complexity index is 433. The van der Waals surface area contributed by atoms with Gasteiger partial charge in [0.2, 0.25) is 0 Å². The van der Waals surface area contributed by atoms with E-state index >= 15 is 0 Å². The molecule has 2 nitrogen and oxygen atoms in total.